The van der Waals surface area contributed by atoms with Crippen LogP contribution in [0.4, 0.5) is 0 Å². The van der Waals surface area contributed by atoms with E-state index in [9.17, 15) is 9.59 Å². The van der Waals surface area contributed by atoms with Crippen molar-refractivity contribution < 1.29 is 19.2 Å². The summed E-state index contributed by atoms with van der Waals surface area (Å²) in [5.74, 6) is -1.51. The summed E-state index contributed by atoms with van der Waals surface area (Å²) in [5, 5.41) is 12.5. The number of carboxylic acid groups (broad SMARTS) is 1. The zero-order valence-electron chi connectivity index (χ0n) is 9.64. The average Bonchev–Trinajstić information content (AvgIpc) is 2.61. The standard InChI is InChI=1S/C10H14N2O4/c1-6-5-11-16-7(6)8(13)12(4)10(2,3)9(14)15/h5H,1-4H3,(H,14,15). The lowest BCUT2D eigenvalue weighted by Crippen LogP contribution is -2.50. The molecule has 0 aliphatic rings. The molecule has 1 aromatic heterocycles. The SMILES string of the molecule is Cc1cnoc1C(=O)N(C)C(C)(C)C(=O)O. The van der Waals surface area contributed by atoms with E-state index in [0.29, 0.717) is 5.56 Å². The van der Waals surface area contributed by atoms with E-state index in [1.54, 1.807) is 6.92 Å². The molecule has 1 rings (SSSR count). The molecule has 0 spiro atoms. The van der Waals surface area contributed by atoms with Gasteiger partial charge in [0, 0.05) is 12.6 Å². The van der Waals surface area contributed by atoms with Crippen LogP contribution in [-0.4, -0.2) is 39.6 Å². The average molecular weight is 226 g/mol. The Balaban J connectivity index is 3.00. The van der Waals surface area contributed by atoms with Crippen LogP contribution in [0.2, 0.25) is 0 Å². The highest BCUT2D eigenvalue weighted by molar-refractivity contribution is 5.96. The third-order valence-electron chi connectivity index (χ3n) is 2.61. The molecule has 6 nitrogen and oxygen atoms in total. The van der Waals surface area contributed by atoms with Crippen molar-refractivity contribution in [3.8, 4) is 0 Å². The Morgan fingerprint density at radius 3 is 2.44 bits per heavy atom. The molecule has 16 heavy (non-hydrogen) atoms. The zero-order chi connectivity index (χ0) is 12.5. The number of aliphatic carboxylic acids is 1. The minimum absolute atomic E-state index is 0.0665. The lowest BCUT2D eigenvalue weighted by atomic mass is 10.0. The first-order valence-corrected chi connectivity index (χ1v) is 4.71. The highest BCUT2D eigenvalue weighted by atomic mass is 16.5. The lowest BCUT2D eigenvalue weighted by molar-refractivity contribution is -0.147. The molecule has 1 heterocycles. The largest absolute Gasteiger partial charge is 0.480 e. The summed E-state index contributed by atoms with van der Waals surface area (Å²) in [6, 6.07) is 0. The van der Waals surface area contributed by atoms with E-state index >= 15 is 0 Å². The number of amides is 1. The number of likely N-dealkylation sites (N-methyl/N-ethyl adjacent to an activating group) is 1. The number of rotatable bonds is 3. The topological polar surface area (TPSA) is 83.6 Å². The van der Waals surface area contributed by atoms with Gasteiger partial charge in [-0.05, 0) is 20.8 Å². The Labute approximate surface area is 92.8 Å². The van der Waals surface area contributed by atoms with Gasteiger partial charge in [-0.15, -0.1) is 0 Å². The summed E-state index contributed by atoms with van der Waals surface area (Å²) in [6.45, 7) is 4.56. The van der Waals surface area contributed by atoms with Crippen molar-refractivity contribution in [3.05, 3.63) is 17.5 Å². The quantitative estimate of drug-likeness (QED) is 0.828. The second-order valence-corrected chi connectivity index (χ2v) is 4.07. The Kier molecular flexibility index (Phi) is 3.02. The molecule has 0 saturated heterocycles. The highest BCUT2D eigenvalue weighted by Crippen LogP contribution is 2.17. The minimum Gasteiger partial charge on any atom is -0.480 e. The van der Waals surface area contributed by atoms with Crippen molar-refractivity contribution >= 4 is 11.9 Å². The molecule has 1 N–H and O–H groups in total. The van der Waals surface area contributed by atoms with Crippen molar-refractivity contribution in [2.45, 2.75) is 26.3 Å². The molecule has 88 valence electrons. The fraction of sp³-hybridized carbons (Fsp3) is 0.500. The fourth-order valence-electron chi connectivity index (χ4n) is 1.05. The van der Waals surface area contributed by atoms with Crippen molar-refractivity contribution in [2.24, 2.45) is 0 Å². The molecule has 0 bridgehead atoms. The molecular formula is C10H14N2O4. The third kappa shape index (κ3) is 1.91. The van der Waals surface area contributed by atoms with Gasteiger partial charge in [0.2, 0.25) is 5.76 Å². The summed E-state index contributed by atoms with van der Waals surface area (Å²) >= 11 is 0. The van der Waals surface area contributed by atoms with E-state index in [1.165, 1.54) is 27.1 Å². The summed E-state index contributed by atoms with van der Waals surface area (Å²) in [5.41, 5.74) is -0.714. The molecule has 0 fully saturated rings. The second kappa shape index (κ2) is 3.96. The first-order valence-electron chi connectivity index (χ1n) is 4.71. The van der Waals surface area contributed by atoms with Gasteiger partial charge in [-0.25, -0.2) is 4.79 Å². The molecule has 0 atom stereocenters. The van der Waals surface area contributed by atoms with Gasteiger partial charge in [-0.2, -0.15) is 0 Å². The molecule has 0 unspecified atom stereocenters. The number of aromatic nitrogens is 1. The van der Waals surface area contributed by atoms with Crippen LogP contribution < -0.4 is 0 Å². The normalized spacial score (nSPS) is 11.2. The number of hydrogen-bond acceptors (Lipinski definition) is 4. The monoisotopic (exact) mass is 226 g/mol. The van der Waals surface area contributed by atoms with Gasteiger partial charge in [0.15, 0.2) is 0 Å². The van der Waals surface area contributed by atoms with Gasteiger partial charge in [0.05, 0.1) is 6.20 Å². The van der Waals surface area contributed by atoms with Gasteiger partial charge in [-0.1, -0.05) is 5.16 Å². The molecule has 0 radical (unpaired) electrons. The first kappa shape index (κ1) is 12.2. The van der Waals surface area contributed by atoms with E-state index in [2.05, 4.69) is 5.16 Å². The van der Waals surface area contributed by atoms with Crippen molar-refractivity contribution in [1.82, 2.24) is 10.1 Å². The summed E-state index contributed by atoms with van der Waals surface area (Å²) in [4.78, 5) is 24.0. The molecule has 1 amide bonds. The van der Waals surface area contributed by atoms with E-state index < -0.39 is 17.4 Å². The number of hydrogen-bond donors (Lipinski definition) is 1. The van der Waals surface area contributed by atoms with E-state index in [0.717, 1.165) is 4.90 Å². The maximum Gasteiger partial charge on any atom is 0.329 e. The predicted octanol–water partition coefficient (Wildman–Crippen LogP) is 0.918. The number of carbonyl (C=O) groups is 2. The second-order valence-electron chi connectivity index (χ2n) is 4.07. The van der Waals surface area contributed by atoms with Gasteiger partial charge < -0.3 is 14.5 Å². The fourth-order valence-corrected chi connectivity index (χ4v) is 1.05. The van der Waals surface area contributed by atoms with Crippen LogP contribution in [0, 0.1) is 6.92 Å². The number of carboxylic acids is 1. The molecule has 0 aromatic carbocycles. The molecule has 6 heteroatoms. The van der Waals surface area contributed by atoms with Gasteiger partial charge in [0.25, 0.3) is 5.91 Å². The van der Waals surface area contributed by atoms with Crippen LogP contribution in [0.15, 0.2) is 10.7 Å². The highest BCUT2D eigenvalue weighted by Gasteiger charge is 2.37. The summed E-state index contributed by atoms with van der Waals surface area (Å²) in [7, 11) is 1.42. The zero-order valence-corrected chi connectivity index (χ0v) is 9.64. The summed E-state index contributed by atoms with van der Waals surface area (Å²) in [6.07, 6.45) is 1.41. The van der Waals surface area contributed by atoms with Crippen LogP contribution in [0.25, 0.3) is 0 Å². The van der Waals surface area contributed by atoms with Crippen molar-refractivity contribution in [3.63, 3.8) is 0 Å². The number of nitrogens with zero attached hydrogens (tertiary/aromatic N) is 2. The van der Waals surface area contributed by atoms with Gasteiger partial charge >= 0.3 is 5.97 Å². The Bertz CT molecular complexity index is 422. The van der Waals surface area contributed by atoms with Crippen LogP contribution >= 0.6 is 0 Å². The number of aryl methyl sites for hydroxylation is 1. The molecule has 0 aliphatic heterocycles. The molecule has 0 saturated carbocycles. The van der Waals surface area contributed by atoms with Crippen LogP contribution in [-0.2, 0) is 4.79 Å². The lowest BCUT2D eigenvalue weighted by Gasteiger charge is -2.30. The van der Waals surface area contributed by atoms with Crippen LogP contribution in [0.1, 0.15) is 30.0 Å². The predicted molar refractivity (Wildman–Crippen MR) is 55.0 cm³/mol. The molecular weight excluding hydrogens is 212 g/mol. The maximum atomic E-state index is 11.9. The number of carbonyl (C=O) groups excluding carboxylic acids is 1. The smallest absolute Gasteiger partial charge is 0.329 e. The van der Waals surface area contributed by atoms with Crippen LogP contribution in [0.3, 0.4) is 0 Å². The van der Waals surface area contributed by atoms with Gasteiger partial charge in [-0.3, -0.25) is 4.79 Å². The van der Waals surface area contributed by atoms with Gasteiger partial charge in [0.1, 0.15) is 5.54 Å². The Morgan fingerprint density at radius 2 is 2.06 bits per heavy atom. The summed E-state index contributed by atoms with van der Waals surface area (Å²) < 4.78 is 4.79. The minimum atomic E-state index is -1.30. The molecule has 0 aliphatic carbocycles. The Morgan fingerprint density at radius 1 is 1.50 bits per heavy atom. The first-order chi connectivity index (χ1) is 7.28. The van der Waals surface area contributed by atoms with Crippen molar-refractivity contribution in [1.29, 1.82) is 0 Å². The van der Waals surface area contributed by atoms with E-state index in [-0.39, 0.29) is 5.76 Å². The molecule has 1 aromatic rings. The van der Waals surface area contributed by atoms with E-state index in [4.69, 9.17) is 9.63 Å². The maximum absolute atomic E-state index is 11.9. The van der Waals surface area contributed by atoms with Crippen LogP contribution in [0.5, 0.6) is 0 Å². The van der Waals surface area contributed by atoms with E-state index in [1.807, 2.05) is 0 Å². The van der Waals surface area contributed by atoms with Crippen molar-refractivity contribution in [2.75, 3.05) is 7.05 Å². The Hall–Kier alpha value is -1.85. The third-order valence-corrected chi connectivity index (χ3v) is 2.61.